The minimum Gasteiger partial charge on any atom is -0.363 e. The van der Waals surface area contributed by atoms with Crippen LogP contribution in [0.25, 0.3) is 0 Å². The summed E-state index contributed by atoms with van der Waals surface area (Å²) < 4.78 is 42.2. The molecule has 0 aliphatic heterocycles. The van der Waals surface area contributed by atoms with Crippen molar-refractivity contribution in [2.45, 2.75) is 6.18 Å². The zero-order valence-corrected chi connectivity index (χ0v) is 9.01. The Balaban J connectivity index is 2.31. The second-order valence-corrected chi connectivity index (χ2v) is 3.64. The maximum atomic E-state index is 12.6. The summed E-state index contributed by atoms with van der Waals surface area (Å²) in [6.45, 7) is 0. The molecule has 90 valence electrons. The lowest BCUT2D eigenvalue weighted by atomic mass is 10.2. The van der Waals surface area contributed by atoms with Gasteiger partial charge in [-0.2, -0.15) is 13.2 Å². The number of halogens is 4. The maximum absolute atomic E-state index is 12.6. The van der Waals surface area contributed by atoms with E-state index in [0.717, 1.165) is 6.07 Å². The number of hydrogen-bond acceptors (Lipinski definition) is 3. The molecule has 0 fully saturated rings. The maximum Gasteiger partial charge on any atom is 0.417 e. The molecule has 0 spiro atoms. The third-order valence-corrected chi connectivity index (χ3v) is 2.32. The smallest absolute Gasteiger partial charge is 0.363 e. The molecule has 0 radical (unpaired) electrons. The molecule has 17 heavy (non-hydrogen) atoms. The highest BCUT2D eigenvalue weighted by atomic mass is 35.5. The van der Waals surface area contributed by atoms with Crippen molar-refractivity contribution in [1.29, 1.82) is 0 Å². The summed E-state index contributed by atoms with van der Waals surface area (Å²) in [6.07, 6.45) is -1.85. The first-order valence-corrected chi connectivity index (χ1v) is 4.88. The molecule has 7 heteroatoms. The van der Waals surface area contributed by atoms with Gasteiger partial charge in [-0.3, -0.25) is 0 Å². The predicted octanol–water partition coefficient (Wildman–Crippen LogP) is 4.09. The van der Waals surface area contributed by atoms with Gasteiger partial charge < -0.3 is 9.84 Å². The molecule has 2 aromatic rings. The van der Waals surface area contributed by atoms with Crippen molar-refractivity contribution in [3.8, 4) is 0 Å². The lowest BCUT2D eigenvalue weighted by Crippen LogP contribution is -2.06. The number of alkyl halides is 3. The van der Waals surface area contributed by atoms with Gasteiger partial charge in [0.05, 0.1) is 22.5 Å². The van der Waals surface area contributed by atoms with E-state index in [-0.39, 0.29) is 10.7 Å². The van der Waals surface area contributed by atoms with Crippen molar-refractivity contribution in [3.63, 3.8) is 0 Å². The van der Waals surface area contributed by atoms with E-state index in [4.69, 9.17) is 11.6 Å². The number of benzene rings is 1. The molecule has 0 unspecified atom stereocenters. The average molecular weight is 263 g/mol. The van der Waals surface area contributed by atoms with E-state index in [1.165, 1.54) is 24.6 Å². The summed E-state index contributed by atoms with van der Waals surface area (Å²) in [5.41, 5.74) is -0.175. The number of aromatic nitrogens is 1. The number of nitrogens with zero attached hydrogens (tertiary/aromatic N) is 1. The summed E-state index contributed by atoms with van der Waals surface area (Å²) in [7, 11) is 0. The van der Waals surface area contributed by atoms with Crippen molar-refractivity contribution in [3.05, 3.63) is 41.2 Å². The van der Waals surface area contributed by atoms with Crippen molar-refractivity contribution in [2.75, 3.05) is 5.32 Å². The number of anilines is 2. The van der Waals surface area contributed by atoms with Crippen LogP contribution in [0.3, 0.4) is 0 Å². The topological polar surface area (TPSA) is 38.1 Å². The second kappa shape index (κ2) is 4.29. The Labute approximate surface area is 99.2 Å². The Morgan fingerprint density at radius 3 is 2.59 bits per heavy atom. The highest BCUT2D eigenvalue weighted by Crippen LogP contribution is 2.36. The van der Waals surface area contributed by atoms with Crippen LogP contribution < -0.4 is 5.32 Å². The third-order valence-electron chi connectivity index (χ3n) is 1.99. The SMILES string of the molecule is FC(F)(F)c1cc(Nc2cnoc2)ccc1Cl. The summed E-state index contributed by atoms with van der Waals surface area (Å²) in [6, 6.07) is 3.54. The molecule has 1 aromatic heterocycles. The Kier molecular flexibility index (Phi) is 2.97. The molecule has 3 nitrogen and oxygen atoms in total. The van der Waals surface area contributed by atoms with Gasteiger partial charge in [-0.05, 0) is 18.2 Å². The van der Waals surface area contributed by atoms with Gasteiger partial charge in [-0.1, -0.05) is 16.8 Å². The predicted molar refractivity (Wildman–Crippen MR) is 56.2 cm³/mol. The average Bonchev–Trinajstić information content (AvgIpc) is 2.72. The van der Waals surface area contributed by atoms with Gasteiger partial charge in [0.1, 0.15) is 6.26 Å². The molecule has 1 N–H and O–H groups in total. The zero-order chi connectivity index (χ0) is 12.5. The molecule has 0 aliphatic carbocycles. The Bertz CT molecular complexity index is 511. The van der Waals surface area contributed by atoms with E-state index in [9.17, 15) is 13.2 Å². The molecule has 0 bridgehead atoms. The van der Waals surface area contributed by atoms with Gasteiger partial charge in [-0.25, -0.2) is 0 Å². The van der Waals surface area contributed by atoms with Crippen LogP contribution in [-0.2, 0) is 6.18 Å². The largest absolute Gasteiger partial charge is 0.417 e. The molecule has 2 rings (SSSR count). The van der Waals surface area contributed by atoms with Crippen LogP contribution in [0, 0.1) is 0 Å². The lowest BCUT2D eigenvalue weighted by molar-refractivity contribution is -0.137. The monoisotopic (exact) mass is 262 g/mol. The van der Waals surface area contributed by atoms with E-state index in [2.05, 4.69) is 15.0 Å². The highest BCUT2D eigenvalue weighted by molar-refractivity contribution is 6.31. The van der Waals surface area contributed by atoms with Gasteiger partial charge in [0.2, 0.25) is 0 Å². The van der Waals surface area contributed by atoms with Gasteiger partial charge in [0.25, 0.3) is 0 Å². The Morgan fingerprint density at radius 2 is 2.00 bits per heavy atom. The van der Waals surface area contributed by atoms with Gasteiger partial charge in [0.15, 0.2) is 0 Å². The number of rotatable bonds is 2. The van der Waals surface area contributed by atoms with Crippen molar-refractivity contribution in [2.24, 2.45) is 0 Å². The molecule has 0 amide bonds. The summed E-state index contributed by atoms with van der Waals surface area (Å²) >= 11 is 5.48. The van der Waals surface area contributed by atoms with Crippen LogP contribution in [0.15, 0.2) is 35.2 Å². The molecule has 0 aliphatic rings. The number of nitrogens with one attached hydrogen (secondary N) is 1. The third kappa shape index (κ3) is 2.71. The molecular formula is C10H6ClF3N2O. The standard InChI is InChI=1S/C10H6ClF3N2O/c11-9-2-1-6(3-8(9)10(12,13)14)16-7-4-15-17-5-7/h1-5,16H. The van der Waals surface area contributed by atoms with Crippen LogP contribution in [-0.4, -0.2) is 5.16 Å². The van der Waals surface area contributed by atoms with E-state index in [1.54, 1.807) is 0 Å². The lowest BCUT2D eigenvalue weighted by Gasteiger charge is -2.11. The molecule has 1 heterocycles. The normalized spacial score (nSPS) is 11.5. The fraction of sp³-hybridized carbons (Fsp3) is 0.100. The summed E-state index contributed by atoms with van der Waals surface area (Å²) in [5.74, 6) is 0. The first-order valence-electron chi connectivity index (χ1n) is 4.50. The van der Waals surface area contributed by atoms with E-state index >= 15 is 0 Å². The summed E-state index contributed by atoms with van der Waals surface area (Å²) in [4.78, 5) is 0. The molecule has 0 atom stereocenters. The summed E-state index contributed by atoms with van der Waals surface area (Å²) in [5, 5.41) is 5.79. The van der Waals surface area contributed by atoms with E-state index in [1.807, 2.05) is 0 Å². The van der Waals surface area contributed by atoms with Crippen molar-refractivity contribution >= 4 is 23.0 Å². The quantitative estimate of drug-likeness (QED) is 0.886. The van der Waals surface area contributed by atoms with Crippen LogP contribution >= 0.6 is 11.6 Å². The van der Waals surface area contributed by atoms with Crippen LogP contribution in [0.2, 0.25) is 5.02 Å². The molecule has 1 aromatic carbocycles. The van der Waals surface area contributed by atoms with Crippen LogP contribution in [0.1, 0.15) is 5.56 Å². The van der Waals surface area contributed by atoms with Crippen molar-refractivity contribution in [1.82, 2.24) is 5.16 Å². The van der Waals surface area contributed by atoms with Gasteiger partial charge >= 0.3 is 6.18 Å². The highest BCUT2D eigenvalue weighted by Gasteiger charge is 2.33. The van der Waals surface area contributed by atoms with Crippen LogP contribution in [0.5, 0.6) is 0 Å². The van der Waals surface area contributed by atoms with Crippen LogP contribution in [0.4, 0.5) is 24.5 Å². The fourth-order valence-electron chi connectivity index (χ4n) is 1.25. The Hall–Kier alpha value is -1.69. The van der Waals surface area contributed by atoms with E-state index < -0.39 is 11.7 Å². The van der Waals surface area contributed by atoms with Crippen molar-refractivity contribution < 1.29 is 17.7 Å². The fourth-order valence-corrected chi connectivity index (χ4v) is 1.48. The zero-order valence-electron chi connectivity index (χ0n) is 8.25. The second-order valence-electron chi connectivity index (χ2n) is 3.23. The Morgan fingerprint density at radius 1 is 1.24 bits per heavy atom. The van der Waals surface area contributed by atoms with Gasteiger partial charge in [-0.15, -0.1) is 0 Å². The van der Waals surface area contributed by atoms with Gasteiger partial charge in [0, 0.05) is 5.69 Å². The number of hydrogen-bond donors (Lipinski definition) is 1. The first-order chi connectivity index (χ1) is 7.97. The first kappa shape index (κ1) is 11.8. The molecule has 0 saturated heterocycles. The molecule has 0 saturated carbocycles. The molecular weight excluding hydrogens is 257 g/mol. The van der Waals surface area contributed by atoms with E-state index in [0.29, 0.717) is 5.69 Å². The minimum absolute atomic E-state index is 0.255. The minimum atomic E-state index is -4.48.